The first-order valence-electron chi connectivity index (χ1n) is 13.9. The molecule has 3 aromatic carbocycles. The third-order valence-corrected chi connectivity index (χ3v) is 8.28. The first-order chi connectivity index (χ1) is 18.5. The van der Waals surface area contributed by atoms with E-state index in [-0.39, 0.29) is 17.9 Å². The maximum absolute atomic E-state index is 13.8. The second kappa shape index (κ2) is 14.2. The van der Waals surface area contributed by atoms with Crippen LogP contribution in [-0.4, -0.2) is 34.6 Å². The first-order valence-corrected chi connectivity index (χ1v) is 14.9. The molecule has 4 rings (SSSR count). The molecule has 4 nitrogen and oxygen atoms in total. The van der Waals surface area contributed by atoms with E-state index >= 15 is 0 Å². The number of hydrogen-bond acceptors (Lipinski definition) is 3. The van der Waals surface area contributed by atoms with Crippen LogP contribution in [0.1, 0.15) is 60.8 Å². The Morgan fingerprint density at radius 3 is 2.29 bits per heavy atom. The molecule has 0 heterocycles. The number of aryl methyl sites for hydroxylation is 2. The predicted octanol–water partition coefficient (Wildman–Crippen LogP) is 6.87. The summed E-state index contributed by atoms with van der Waals surface area (Å²) in [5.74, 6) is 0.660. The number of nitrogens with zero attached hydrogens (tertiary/aromatic N) is 1. The lowest BCUT2D eigenvalue weighted by molar-refractivity contribution is -0.141. The van der Waals surface area contributed by atoms with Crippen molar-refractivity contribution in [2.75, 3.05) is 5.75 Å². The molecule has 0 spiro atoms. The van der Waals surface area contributed by atoms with Crippen molar-refractivity contribution in [3.8, 4) is 0 Å². The van der Waals surface area contributed by atoms with Gasteiger partial charge in [0, 0.05) is 36.1 Å². The van der Waals surface area contributed by atoms with Crippen LogP contribution in [0.4, 0.5) is 0 Å². The van der Waals surface area contributed by atoms with Crippen molar-refractivity contribution in [3.05, 3.63) is 101 Å². The van der Waals surface area contributed by atoms with Gasteiger partial charge in [0.05, 0.1) is 0 Å². The smallest absolute Gasteiger partial charge is 0.243 e. The molecule has 1 fully saturated rings. The Morgan fingerprint density at radius 1 is 0.868 bits per heavy atom. The molecule has 1 saturated carbocycles. The van der Waals surface area contributed by atoms with Gasteiger partial charge in [0.1, 0.15) is 6.04 Å². The molecule has 38 heavy (non-hydrogen) atoms. The molecule has 0 radical (unpaired) electrons. The van der Waals surface area contributed by atoms with Gasteiger partial charge in [-0.15, -0.1) is 11.8 Å². The summed E-state index contributed by atoms with van der Waals surface area (Å²) in [5, 5.41) is 3.32. The minimum absolute atomic E-state index is 0.0193. The standard InChI is InChI=1S/C33H40N2O2S/c1-25-16-18-30(19-17-25)38-21-20-32(36)35(24-28-13-9-10-26(2)22-28)31(23-27-11-5-3-6-12-27)33(37)34-29-14-7-4-8-15-29/h3,5-6,9-13,16-19,22,29,31H,4,7-8,14-15,20-21,23-24H2,1-2H3,(H,34,37). The van der Waals surface area contributed by atoms with Crippen LogP contribution < -0.4 is 5.32 Å². The number of carbonyl (C=O) groups is 2. The van der Waals surface area contributed by atoms with Gasteiger partial charge in [0.15, 0.2) is 0 Å². The Balaban J connectivity index is 1.56. The molecule has 1 aliphatic rings. The molecular formula is C33H40N2O2S. The van der Waals surface area contributed by atoms with E-state index in [4.69, 9.17) is 0 Å². The zero-order chi connectivity index (χ0) is 26.7. The van der Waals surface area contributed by atoms with E-state index < -0.39 is 6.04 Å². The highest BCUT2D eigenvalue weighted by molar-refractivity contribution is 7.99. The summed E-state index contributed by atoms with van der Waals surface area (Å²) in [7, 11) is 0. The average molecular weight is 529 g/mol. The van der Waals surface area contributed by atoms with Gasteiger partial charge in [-0.2, -0.15) is 0 Å². The Hall–Kier alpha value is -3.05. The van der Waals surface area contributed by atoms with Crippen molar-refractivity contribution >= 4 is 23.6 Å². The van der Waals surface area contributed by atoms with Crippen LogP contribution in [0, 0.1) is 13.8 Å². The molecule has 1 N–H and O–H groups in total. The van der Waals surface area contributed by atoms with Gasteiger partial charge in [-0.3, -0.25) is 9.59 Å². The summed E-state index contributed by atoms with van der Waals surface area (Å²) in [6, 6.07) is 26.3. The van der Waals surface area contributed by atoms with Crippen molar-refractivity contribution < 1.29 is 9.59 Å². The molecule has 1 unspecified atom stereocenters. The minimum Gasteiger partial charge on any atom is -0.352 e. The zero-order valence-electron chi connectivity index (χ0n) is 22.7. The molecule has 0 saturated heterocycles. The largest absolute Gasteiger partial charge is 0.352 e. The van der Waals surface area contributed by atoms with Gasteiger partial charge in [-0.25, -0.2) is 0 Å². The number of hydrogen-bond donors (Lipinski definition) is 1. The lowest BCUT2D eigenvalue weighted by Crippen LogP contribution is -2.52. The molecule has 5 heteroatoms. The maximum Gasteiger partial charge on any atom is 0.243 e. The van der Waals surface area contributed by atoms with E-state index in [0.29, 0.717) is 25.1 Å². The van der Waals surface area contributed by atoms with Gasteiger partial charge >= 0.3 is 0 Å². The van der Waals surface area contributed by atoms with E-state index in [1.165, 1.54) is 12.0 Å². The van der Waals surface area contributed by atoms with Crippen LogP contribution in [0.5, 0.6) is 0 Å². The van der Waals surface area contributed by atoms with Crippen LogP contribution in [0.25, 0.3) is 0 Å². The van der Waals surface area contributed by atoms with Gasteiger partial charge in [-0.05, 0) is 49.9 Å². The number of carbonyl (C=O) groups excluding carboxylic acids is 2. The van der Waals surface area contributed by atoms with Crippen molar-refractivity contribution in [2.45, 2.75) is 82.3 Å². The summed E-state index contributed by atoms with van der Waals surface area (Å²) < 4.78 is 0. The van der Waals surface area contributed by atoms with Crippen LogP contribution in [0.2, 0.25) is 0 Å². The van der Waals surface area contributed by atoms with Gasteiger partial charge < -0.3 is 10.2 Å². The summed E-state index contributed by atoms with van der Waals surface area (Å²) in [6.07, 6.45) is 6.45. The van der Waals surface area contributed by atoms with Crippen molar-refractivity contribution in [2.24, 2.45) is 0 Å². The fourth-order valence-corrected chi connectivity index (χ4v) is 5.98. The molecular weight excluding hydrogens is 488 g/mol. The Labute approximate surface area is 232 Å². The Bertz CT molecular complexity index is 1170. The summed E-state index contributed by atoms with van der Waals surface area (Å²) in [5.41, 5.74) is 4.49. The van der Waals surface area contributed by atoms with Crippen LogP contribution in [0.15, 0.2) is 83.8 Å². The van der Waals surface area contributed by atoms with E-state index in [1.54, 1.807) is 11.8 Å². The van der Waals surface area contributed by atoms with Crippen LogP contribution in [-0.2, 0) is 22.6 Å². The lowest BCUT2D eigenvalue weighted by atomic mass is 9.94. The van der Waals surface area contributed by atoms with Gasteiger partial charge in [0.2, 0.25) is 11.8 Å². The predicted molar refractivity (Wildman–Crippen MR) is 157 cm³/mol. The Morgan fingerprint density at radius 2 is 1.58 bits per heavy atom. The normalized spacial score (nSPS) is 14.6. The SMILES string of the molecule is Cc1ccc(SCCC(=O)N(Cc2cccc(C)c2)C(Cc2ccccc2)C(=O)NC2CCCCC2)cc1. The molecule has 1 aliphatic carbocycles. The van der Waals surface area contributed by atoms with E-state index in [2.05, 4.69) is 55.6 Å². The topological polar surface area (TPSA) is 49.4 Å². The molecule has 0 aliphatic heterocycles. The van der Waals surface area contributed by atoms with E-state index in [1.807, 2.05) is 47.4 Å². The fourth-order valence-electron chi connectivity index (χ4n) is 5.14. The number of nitrogens with one attached hydrogen (secondary N) is 1. The molecule has 2 amide bonds. The van der Waals surface area contributed by atoms with Crippen molar-refractivity contribution in [1.82, 2.24) is 10.2 Å². The van der Waals surface area contributed by atoms with Crippen LogP contribution >= 0.6 is 11.8 Å². The number of thioether (sulfide) groups is 1. The molecule has 200 valence electrons. The second-order valence-electron chi connectivity index (χ2n) is 10.5. The van der Waals surface area contributed by atoms with Gasteiger partial charge in [-0.1, -0.05) is 97.1 Å². The van der Waals surface area contributed by atoms with Crippen molar-refractivity contribution in [1.29, 1.82) is 0 Å². The summed E-state index contributed by atoms with van der Waals surface area (Å²) in [6.45, 7) is 4.56. The molecule has 3 aromatic rings. The van der Waals surface area contributed by atoms with E-state index in [9.17, 15) is 9.59 Å². The number of amides is 2. The summed E-state index contributed by atoms with van der Waals surface area (Å²) >= 11 is 1.69. The molecule has 0 aromatic heterocycles. The maximum atomic E-state index is 13.8. The molecule has 1 atom stereocenters. The zero-order valence-corrected chi connectivity index (χ0v) is 23.5. The summed E-state index contributed by atoms with van der Waals surface area (Å²) in [4.78, 5) is 30.7. The fraction of sp³-hybridized carbons (Fsp3) is 0.394. The van der Waals surface area contributed by atoms with Crippen LogP contribution in [0.3, 0.4) is 0 Å². The first kappa shape index (κ1) is 28.0. The van der Waals surface area contributed by atoms with Gasteiger partial charge in [0.25, 0.3) is 0 Å². The third kappa shape index (κ3) is 8.49. The highest BCUT2D eigenvalue weighted by atomic mass is 32.2. The quantitative estimate of drug-likeness (QED) is 0.276. The Kier molecular flexibility index (Phi) is 10.5. The minimum atomic E-state index is -0.559. The monoisotopic (exact) mass is 528 g/mol. The highest BCUT2D eigenvalue weighted by Gasteiger charge is 2.31. The number of benzene rings is 3. The van der Waals surface area contributed by atoms with Crippen molar-refractivity contribution in [3.63, 3.8) is 0 Å². The highest BCUT2D eigenvalue weighted by Crippen LogP contribution is 2.23. The average Bonchev–Trinajstić information content (AvgIpc) is 2.93. The molecule has 0 bridgehead atoms. The number of rotatable bonds is 11. The lowest BCUT2D eigenvalue weighted by Gasteiger charge is -2.33. The van der Waals surface area contributed by atoms with E-state index in [0.717, 1.165) is 47.3 Å². The third-order valence-electron chi connectivity index (χ3n) is 7.26. The second-order valence-corrected chi connectivity index (χ2v) is 11.6.